The first-order valence-electron chi connectivity index (χ1n) is 7.90. The fourth-order valence-corrected chi connectivity index (χ4v) is 2.80. The van der Waals surface area contributed by atoms with Crippen LogP contribution < -0.4 is 5.32 Å². The van der Waals surface area contributed by atoms with E-state index in [-0.39, 0.29) is 17.6 Å². The standard InChI is InChI=1S/C19H20BrFN2O2/c1-4-9-22-17-16(20)14(10-13-5-7-15(21)8-6-13)11-23-18(17)19(24)25-12(2)3/h4-8,11-12,22H,1,9-10H2,2-3H3. The first-order chi connectivity index (χ1) is 11.9. The average molecular weight is 407 g/mol. The Balaban J connectivity index is 2.37. The predicted octanol–water partition coefficient (Wildman–Crippen LogP) is 4.74. The molecule has 1 N–H and O–H groups in total. The Bertz CT molecular complexity index is 761. The smallest absolute Gasteiger partial charge is 0.359 e. The van der Waals surface area contributed by atoms with E-state index in [9.17, 15) is 9.18 Å². The number of esters is 1. The molecule has 4 nitrogen and oxygen atoms in total. The Kier molecular flexibility index (Phi) is 6.70. The zero-order valence-electron chi connectivity index (χ0n) is 14.2. The Morgan fingerprint density at radius 1 is 1.40 bits per heavy atom. The molecule has 0 saturated carbocycles. The number of carbonyl (C=O) groups is 1. The highest BCUT2D eigenvalue weighted by molar-refractivity contribution is 9.10. The van der Waals surface area contributed by atoms with Crippen molar-refractivity contribution in [3.8, 4) is 0 Å². The molecular formula is C19H20BrFN2O2. The van der Waals surface area contributed by atoms with Crippen LogP contribution in [0.4, 0.5) is 10.1 Å². The second-order valence-electron chi connectivity index (χ2n) is 5.75. The number of rotatable bonds is 7. The third kappa shape index (κ3) is 5.13. The van der Waals surface area contributed by atoms with Crippen LogP contribution >= 0.6 is 15.9 Å². The van der Waals surface area contributed by atoms with E-state index in [4.69, 9.17) is 4.74 Å². The van der Waals surface area contributed by atoms with Gasteiger partial charge in [0.15, 0.2) is 5.69 Å². The molecule has 0 atom stereocenters. The maximum atomic E-state index is 13.1. The van der Waals surface area contributed by atoms with E-state index < -0.39 is 5.97 Å². The topological polar surface area (TPSA) is 51.2 Å². The molecule has 132 valence electrons. The molecule has 2 aromatic rings. The largest absolute Gasteiger partial charge is 0.458 e. The number of hydrogen-bond acceptors (Lipinski definition) is 4. The van der Waals surface area contributed by atoms with E-state index in [1.165, 1.54) is 12.1 Å². The molecule has 0 saturated heterocycles. The third-order valence-electron chi connectivity index (χ3n) is 3.35. The summed E-state index contributed by atoms with van der Waals surface area (Å²) < 4.78 is 19.0. The Morgan fingerprint density at radius 2 is 2.08 bits per heavy atom. The first-order valence-corrected chi connectivity index (χ1v) is 8.69. The van der Waals surface area contributed by atoms with Crippen molar-refractivity contribution in [3.63, 3.8) is 0 Å². The van der Waals surface area contributed by atoms with Gasteiger partial charge >= 0.3 is 5.97 Å². The fourth-order valence-electron chi connectivity index (χ4n) is 2.23. The molecule has 0 bridgehead atoms. The van der Waals surface area contributed by atoms with Crippen LogP contribution in [0.1, 0.15) is 35.5 Å². The lowest BCUT2D eigenvalue weighted by Crippen LogP contribution is -2.17. The molecule has 1 aromatic carbocycles. The molecule has 0 fully saturated rings. The summed E-state index contributed by atoms with van der Waals surface area (Å²) in [5.74, 6) is -0.767. The van der Waals surface area contributed by atoms with Gasteiger partial charge in [0.2, 0.25) is 0 Å². The van der Waals surface area contributed by atoms with Gasteiger partial charge in [-0.3, -0.25) is 0 Å². The van der Waals surface area contributed by atoms with Crippen molar-refractivity contribution in [1.29, 1.82) is 0 Å². The lowest BCUT2D eigenvalue weighted by Gasteiger charge is -2.16. The average Bonchev–Trinajstić information content (AvgIpc) is 2.56. The van der Waals surface area contributed by atoms with Crippen LogP contribution in [0.3, 0.4) is 0 Å². The number of pyridine rings is 1. The minimum Gasteiger partial charge on any atom is -0.458 e. The molecule has 0 aliphatic heterocycles. The molecule has 2 rings (SSSR count). The summed E-state index contributed by atoms with van der Waals surface area (Å²) in [6.45, 7) is 7.72. The van der Waals surface area contributed by atoms with E-state index in [1.807, 2.05) is 0 Å². The molecule has 6 heteroatoms. The van der Waals surface area contributed by atoms with Crippen molar-refractivity contribution in [1.82, 2.24) is 4.98 Å². The number of hydrogen-bond donors (Lipinski definition) is 1. The minimum atomic E-state index is -0.490. The summed E-state index contributed by atoms with van der Waals surface area (Å²) >= 11 is 3.55. The summed E-state index contributed by atoms with van der Waals surface area (Å²) in [4.78, 5) is 16.6. The zero-order valence-corrected chi connectivity index (χ0v) is 15.8. The van der Waals surface area contributed by atoms with Crippen LogP contribution in [0.25, 0.3) is 0 Å². The summed E-state index contributed by atoms with van der Waals surface area (Å²) in [6.07, 6.45) is 3.63. The predicted molar refractivity (Wildman–Crippen MR) is 100 cm³/mol. The van der Waals surface area contributed by atoms with Gasteiger partial charge in [0.25, 0.3) is 0 Å². The summed E-state index contributed by atoms with van der Waals surface area (Å²) in [6, 6.07) is 6.28. The molecular weight excluding hydrogens is 387 g/mol. The van der Waals surface area contributed by atoms with Gasteiger partial charge in [-0.1, -0.05) is 18.2 Å². The Hall–Kier alpha value is -2.21. The SMILES string of the molecule is C=CCNc1c(C(=O)OC(C)C)ncc(Cc2ccc(F)cc2)c1Br. The number of benzene rings is 1. The Morgan fingerprint density at radius 3 is 2.68 bits per heavy atom. The van der Waals surface area contributed by atoms with Crippen LogP contribution in [-0.4, -0.2) is 23.6 Å². The van der Waals surface area contributed by atoms with Crippen LogP contribution in [0, 0.1) is 5.82 Å². The van der Waals surface area contributed by atoms with Crippen molar-refractivity contribution in [2.75, 3.05) is 11.9 Å². The lowest BCUT2D eigenvalue weighted by atomic mass is 10.1. The molecule has 0 aliphatic rings. The fraction of sp³-hybridized carbons (Fsp3) is 0.263. The zero-order chi connectivity index (χ0) is 18.4. The molecule has 0 aliphatic carbocycles. The second-order valence-corrected chi connectivity index (χ2v) is 6.54. The van der Waals surface area contributed by atoms with Gasteiger partial charge in [0.1, 0.15) is 5.82 Å². The number of carbonyl (C=O) groups excluding carboxylic acids is 1. The van der Waals surface area contributed by atoms with Crippen LogP contribution in [0.5, 0.6) is 0 Å². The summed E-state index contributed by atoms with van der Waals surface area (Å²) in [5, 5.41) is 3.13. The van der Waals surface area contributed by atoms with E-state index >= 15 is 0 Å². The van der Waals surface area contributed by atoms with Crippen molar-refractivity contribution in [2.45, 2.75) is 26.4 Å². The number of aromatic nitrogens is 1. The number of nitrogens with zero attached hydrogens (tertiary/aromatic N) is 1. The molecule has 0 unspecified atom stereocenters. The van der Waals surface area contributed by atoms with Gasteiger partial charge in [0, 0.05) is 23.6 Å². The molecule has 1 aromatic heterocycles. The number of ether oxygens (including phenoxy) is 1. The summed E-state index contributed by atoms with van der Waals surface area (Å²) in [7, 11) is 0. The second kappa shape index (κ2) is 8.76. The molecule has 25 heavy (non-hydrogen) atoms. The lowest BCUT2D eigenvalue weighted by molar-refractivity contribution is 0.0372. The molecule has 0 spiro atoms. The van der Waals surface area contributed by atoms with Gasteiger partial charge in [0.05, 0.1) is 11.8 Å². The van der Waals surface area contributed by atoms with Crippen molar-refractivity contribution in [3.05, 3.63) is 70.2 Å². The highest BCUT2D eigenvalue weighted by Gasteiger charge is 2.20. The maximum Gasteiger partial charge on any atom is 0.359 e. The number of halogens is 2. The van der Waals surface area contributed by atoms with Crippen molar-refractivity contribution < 1.29 is 13.9 Å². The van der Waals surface area contributed by atoms with E-state index in [2.05, 4.69) is 32.8 Å². The molecule has 1 heterocycles. The summed E-state index contributed by atoms with van der Waals surface area (Å²) in [5.41, 5.74) is 2.59. The normalized spacial score (nSPS) is 10.6. The van der Waals surface area contributed by atoms with Gasteiger partial charge in [-0.2, -0.15) is 0 Å². The van der Waals surface area contributed by atoms with E-state index in [0.29, 0.717) is 18.7 Å². The maximum absolute atomic E-state index is 13.1. The monoisotopic (exact) mass is 406 g/mol. The van der Waals surface area contributed by atoms with E-state index in [0.717, 1.165) is 15.6 Å². The quantitative estimate of drug-likeness (QED) is 0.532. The highest BCUT2D eigenvalue weighted by Crippen LogP contribution is 2.31. The van der Waals surface area contributed by atoms with Gasteiger partial charge in [-0.15, -0.1) is 6.58 Å². The molecule has 0 radical (unpaired) electrons. The highest BCUT2D eigenvalue weighted by atomic mass is 79.9. The van der Waals surface area contributed by atoms with Crippen LogP contribution in [-0.2, 0) is 11.2 Å². The first kappa shape index (κ1) is 19.1. The Labute approximate surface area is 155 Å². The number of anilines is 1. The van der Waals surface area contributed by atoms with Crippen molar-refractivity contribution >= 4 is 27.6 Å². The van der Waals surface area contributed by atoms with Crippen LogP contribution in [0.15, 0.2) is 47.6 Å². The van der Waals surface area contributed by atoms with Crippen LogP contribution in [0.2, 0.25) is 0 Å². The molecule has 0 amide bonds. The third-order valence-corrected chi connectivity index (χ3v) is 4.26. The van der Waals surface area contributed by atoms with Crippen molar-refractivity contribution in [2.24, 2.45) is 0 Å². The number of nitrogens with one attached hydrogen (secondary N) is 1. The van der Waals surface area contributed by atoms with Gasteiger partial charge in [-0.05, 0) is 53.0 Å². The van der Waals surface area contributed by atoms with Gasteiger partial charge in [-0.25, -0.2) is 14.2 Å². The van der Waals surface area contributed by atoms with E-state index in [1.54, 1.807) is 38.3 Å². The minimum absolute atomic E-state index is 0.213. The van der Waals surface area contributed by atoms with Gasteiger partial charge < -0.3 is 10.1 Å².